The van der Waals surface area contributed by atoms with E-state index in [4.69, 9.17) is 17.3 Å². The summed E-state index contributed by atoms with van der Waals surface area (Å²) < 4.78 is 25.6. The van der Waals surface area contributed by atoms with Crippen LogP contribution in [-0.2, 0) is 10.0 Å². The maximum Gasteiger partial charge on any atom is 0.245 e. The number of sulfonamides is 1. The third-order valence-corrected chi connectivity index (χ3v) is 4.89. The summed E-state index contributed by atoms with van der Waals surface area (Å²) in [5.74, 6) is 0. The number of halogens is 1. The molecule has 7 heteroatoms. The van der Waals surface area contributed by atoms with Gasteiger partial charge in [-0.2, -0.15) is 4.31 Å². The monoisotopic (exact) mass is 276 g/mol. The summed E-state index contributed by atoms with van der Waals surface area (Å²) in [6, 6.07) is 4.27. The molecule has 0 spiro atoms. The molecule has 3 N–H and O–H groups in total. The van der Waals surface area contributed by atoms with Crippen molar-refractivity contribution in [2.75, 3.05) is 18.8 Å². The topological polar surface area (TPSA) is 83.6 Å². The molecule has 1 aromatic carbocycles. The second kappa shape index (κ2) is 4.45. The number of anilines is 1. The number of benzene rings is 1. The van der Waals surface area contributed by atoms with E-state index in [-0.39, 0.29) is 17.1 Å². The van der Waals surface area contributed by atoms with Gasteiger partial charge in [-0.25, -0.2) is 8.42 Å². The van der Waals surface area contributed by atoms with E-state index in [1.165, 1.54) is 22.5 Å². The molecule has 17 heavy (non-hydrogen) atoms. The van der Waals surface area contributed by atoms with Crippen molar-refractivity contribution in [2.45, 2.75) is 17.4 Å². The van der Waals surface area contributed by atoms with Crippen LogP contribution in [0.5, 0.6) is 0 Å². The SMILES string of the molecule is Nc1cc(Cl)ccc1S(=O)(=O)N1CC[C@H](O)C1. The molecule has 1 aliphatic rings. The molecule has 94 valence electrons. The Bertz CT molecular complexity index is 532. The fraction of sp³-hybridized carbons (Fsp3) is 0.400. The predicted molar refractivity (Wildman–Crippen MR) is 65.2 cm³/mol. The van der Waals surface area contributed by atoms with Crippen LogP contribution >= 0.6 is 11.6 Å². The van der Waals surface area contributed by atoms with Crippen LogP contribution in [0.1, 0.15) is 6.42 Å². The van der Waals surface area contributed by atoms with Crippen LogP contribution in [0.2, 0.25) is 5.02 Å². The molecule has 0 aromatic heterocycles. The van der Waals surface area contributed by atoms with Crippen LogP contribution in [0.15, 0.2) is 23.1 Å². The molecule has 0 amide bonds. The second-order valence-electron chi connectivity index (χ2n) is 3.99. The number of aliphatic hydroxyl groups is 1. The molecule has 5 nitrogen and oxygen atoms in total. The van der Waals surface area contributed by atoms with E-state index in [0.717, 1.165) is 0 Å². The van der Waals surface area contributed by atoms with Crippen LogP contribution in [0.3, 0.4) is 0 Å². The molecule has 0 radical (unpaired) electrons. The first kappa shape index (κ1) is 12.6. The molecule has 1 saturated heterocycles. The number of rotatable bonds is 2. The van der Waals surface area contributed by atoms with Crippen molar-refractivity contribution in [2.24, 2.45) is 0 Å². The number of nitrogen functional groups attached to an aromatic ring is 1. The minimum Gasteiger partial charge on any atom is -0.398 e. The molecule has 1 aromatic rings. The van der Waals surface area contributed by atoms with Gasteiger partial charge in [-0.1, -0.05) is 11.6 Å². The highest BCUT2D eigenvalue weighted by molar-refractivity contribution is 7.89. The van der Waals surface area contributed by atoms with Gasteiger partial charge in [0, 0.05) is 18.1 Å². The number of hydrogen-bond donors (Lipinski definition) is 2. The van der Waals surface area contributed by atoms with E-state index in [9.17, 15) is 13.5 Å². The van der Waals surface area contributed by atoms with Crippen molar-refractivity contribution in [1.82, 2.24) is 4.31 Å². The first-order valence-electron chi connectivity index (χ1n) is 5.14. The van der Waals surface area contributed by atoms with E-state index < -0.39 is 16.1 Å². The molecular weight excluding hydrogens is 264 g/mol. The van der Waals surface area contributed by atoms with Gasteiger partial charge in [-0.3, -0.25) is 0 Å². The Labute approximate surface area is 105 Å². The number of hydrogen-bond acceptors (Lipinski definition) is 4. The van der Waals surface area contributed by atoms with Crippen molar-refractivity contribution in [3.05, 3.63) is 23.2 Å². The van der Waals surface area contributed by atoms with E-state index in [1.54, 1.807) is 0 Å². The summed E-state index contributed by atoms with van der Waals surface area (Å²) in [5, 5.41) is 9.76. The molecule has 0 saturated carbocycles. The van der Waals surface area contributed by atoms with E-state index in [0.29, 0.717) is 18.0 Å². The van der Waals surface area contributed by atoms with Crippen LogP contribution < -0.4 is 5.73 Å². The number of nitrogens with two attached hydrogens (primary N) is 1. The molecule has 2 rings (SSSR count). The Morgan fingerprint density at radius 1 is 1.47 bits per heavy atom. The number of nitrogens with zero attached hydrogens (tertiary/aromatic N) is 1. The zero-order valence-electron chi connectivity index (χ0n) is 9.01. The van der Waals surface area contributed by atoms with Crippen molar-refractivity contribution < 1.29 is 13.5 Å². The fourth-order valence-electron chi connectivity index (χ4n) is 1.82. The van der Waals surface area contributed by atoms with Crippen molar-refractivity contribution >= 4 is 27.3 Å². The quantitative estimate of drug-likeness (QED) is 0.778. The standard InChI is InChI=1S/C10H13ClN2O3S/c11-7-1-2-10(9(12)5-7)17(15,16)13-4-3-8(14)6-13/h1-2,5,8,14H,3-4,6,12H2/t8-/m0/s1. The Morgan fingerprint density at radius 3 is 2.71 bits per heavy atom. The summed E-state index contributed by atoms with van der Waals surface area (Å²) in [6.45, 7) is 0.427. The minimum atomic E-state index is -3.63. The third-order valence-electron chi connectivity index (χ3n) is 2.72. The highest BCUT2D eigenvalue weighted by Crippen LogP contribution is 2.27. The van der Waals surface area contributed by atoms with Gasteiger partial charge >= 0.3 is 0 Å². The van der Waals surface area contributed by atoms with Crippen LogP contribution in [0.25, 0.3) is 0 Å². The Morgan fingerprint density at radius 2 is 2.18 bits per heavy atom. The summed E-state index contributed by atoms with van der Waals surface area (Å²) >= 11 is 5.72. The average Bonchev–Trinajstić information content (AvgIpc) is 2.64. The van der Waals surface area contributed by atoms with Gasteiger partial charge in [0.05, 0.1) is 11.8 Å². The van der Waals surface area contributed by atoms with Gasteiger partial charge < -0.3 is 10.8 Å². The molecule has 1 aliphatic heterocycles. The van der Waals surface area contributed by atoms with Crippen LogP contribution in [0, 0.1) is 0 Å². The molecule has 1 fully saturated rings. The maximum absolute atomic E-state index is 12.2. The highest BCUT2D eigenvalue weighted by atomic mass is 35.5. The van der Waals surface area contributed by atoms with Crippen molar-refractivity contribution in [3.8, 4) is 0 Å². The third kappa shape index (κ3) is 2.40. The number of aliphatic hydroxyl groups excluding tert-OH is 1. The molecule has 0 aliphatic carbocycles. The summed E-state index contributed by atoms with van der Waals surface area (Å²) in [4.78, 5) is 0.0380. The average molecular weight is 277 g/mol. The molecular formula is C10H13ClN2O3S. The molecule has 0 unspecified atom stereocenters. The van der Waals surface area contributed by atoms with Gasteiger partial charge in [0.1, 0.15) is 4.90 Å². The van der Waals surface area contributed by atoms with E-state index >= 15 is 0 Å². The maximum atomic E-state index is 12.2. The predicted octanol–water partition coefficient (Wildman–Crippen LogP) is 0.678. The van der Waals surface area contributed by atoms with Crippen molar-refractivity contribution in [3.63, 3.8) is 0 Å². The zero-order chi connectivity index (χ0) is 12.6. The van der Waals surface area contributed by atoms with Gasteiger partial charge in [0.15, 0.2) is 0 Å². The lowest BCUT2D eigenvalue weighted by Gasteiger charge is -2.17. The first-order chi connectivity index (χ1) is 7.91. The molecule has 1 heterocycles. The summed E-state index contributed by atoms with van der Waals surface area (Å²) in [5.41, 5.74) is 5.78. The summed E-state index contributed by atoms with van der Waals surface area (Å²) in [7, 11) is -3.63. The second-order valence-corrected chi connectivity index (χ2v) is 6.33. The van der Waals surface area contributed by atoms with E-state index in [1.807, 2.05) is 0 Å². The molecule has 1 atom stereocenters. The Kier molecular flexibility index (Phi) is 3.31. The van der Waals surface area contributed by atoms with Gasteiger partial charge in [-0.05, 0) is 24.6 Å². The largest absolute Gasteiger partial charge is 0.398 e. The van der Waals surface area contributed by atoms with E-state index in [2.05, 4.69) is 0 Å². The minimum absolute atomic E-state index is 0.0380. The van der Waals surface area contributed by atoms with Crippen LogP contribution in [-0.4, -0.2) is 37.0 Å². The lowest BCUT2D eigenvalue weighted by atomic mass is 10.3. The lowest BCUT2D eigenvalue weighted by molar-refractivity contribution is 0.189. The van der Waals surface area contributed by atoms with Gasteiger partial charge in [-0.15, -0.1) is 0 Å². The zero-order valence-corrected chi connectivity index (χ0v) is 10.6. The van der Waals surface area contributed by atoms with Crippen LogP contribution in [0.4, 0.5) is 5.69 Å². The van der Waals surface area contributed by atoms with Gasteiger partial charge in [0.25, 0.3) is 0 Å². The normalized spacial score (nSPS) is 21.9. The Hall–Kier alpha value is -0.820. The molecule has 0 bridgehead atoms. The summed E-state index contributed by atoms with van der Waals surface area (Å²) in [6.07, 6.45) is -0.148. The number of β-amino-alcohol motifs (C(OH)–C–C–N with tert-alkyl or cyclic N) is 1. The highest BCUT2D eigenvalue weighted by Gasteiger charge is 2.32. The first-order valence-corrected chi connectivity index (χ1v) is 6.96. The Balaban J connectivity index is 2.38. The lowest BCUT2D eigenvalue weighted by Crippen LogP contribution is -2.30. The smallest absolute Gasteiger partial charge is 0.245 e. The van der Waals surface area contributed by atoms with Gasteiger partial charge in [0.2, 0.25) is 10.0 Å². The van der Waals surface area contributed by atoms with Crippen molar-refractivity contribution in [1.29, 1.82) is 0 Å². The fourth-order valence-corrected chi connectivity index (χ4v) is 3.59.